The lowest BCUT2D eigenvalue weighted by molar-refractivity contribution is -0.131. The Morgan fingerprint density at radius 2 is 2.25 bits per heavy atom. The summed E-state index contributed by atoms with van der Waals surface area (Å²) in [6.07, 6.45) is 2.72. The third kappa shape index (κ3) is 1.95. The molecule has 82 valence electrons. The Balaban J connectivity index is 2.60. The lowest BCUT2D eigenvalue weighted by Gasteiger charge is -1.93. The monoisotopic (exact) mass is 235 g/mol. The fraction of sp³-hybridized carbons (Fsp3) is 0.0833. The molecule has 0 radical (unpaired) electrons. The number of aryl methyl sites for hydroxylation is 1. The first-order valence-electron chi connectivity index (χ1n) is 4.77. The first-order valence-corrected chi connectivity index (χ1v) is 5.14. The van der Waals surface area contributed by atoms with Crippen LogP contribution in [0.4, 0.5) is 0 Å². The van der Waals surface area contributed by atoms with Gasteiger partial charge in [-0.25, -0.2) is 4.79 Å². The fourth-order valence-corrected chi connectivity index (χ4v) is 1.87. The van der Waals surface area contributed by atoms with Crippen molar-refractivity contribution in [1.82, 2.24) is 4.98 Å². The molecule has 1 heterocycles. The van der Waals surface area contributed by atoms with Gasteiger partial charge in [0.25, 0.3) is 0 Å². The minimum Gasteiger partial charge on any atom is -0.478 e. The predicted molar refractivity (Wildman–Crippen MR) is 64.7 cm³/mol. The minimum atomic E-state index is -0.956. The van der Waals surface area contributed by atoms with Crippen molar-refractivity contribution < 1.29 is 9.90 Å². The van der Waals surface area contributed by atoms with Gasteiger partial charge in [0.05, 0.1) is 0 Å². The van der Waals surface area contributed by atoms with Crippen LogP contribution in [0.2, 0.25) is 5.02 Å². The molecule has 1 aromatic carbocycles. The van der Waals surface area contributed by atoms with Crippen LogP contribution in [0, 0.1) is 6.92 Å². The maximum absolute atomic E-state index is 10.5. The van der Waals surface area contributed by atoms with E-state index in [1.54, 1.807) is 12.1 Å². The van der Waals surface area contributed by atoms with Crippen molar-refractivity contribution in [3.8, 4) is 0 Å². The Hall–Kier alpha value is -1.74. The topological polar surface area (TPSA) is 53.1 Å². The van der Waals surface area contributed by atoms with E-state index in [1.165, 1.54) is 0 Å². The normalized spacial score (nSPS) is 11.4. The largest absolute Gasteiger partial charge is 0.478 e. The van der Waals surface area contributed by atoms with Crippen molar-refractivity contribution in [2.24, 2.45) is 0 Å². The molecule has 2 aromatic rings. The summed E-state index contributed by atoms with van der Waals surface area (Å²) >= 11 is 5.88. The third-order valence-electron chi connectivity index (χ3n) is 2.39. The van der Waals surface area contributed by atoms with Crippen LogP contribution in [0.5, 0.6) is 0 Å². The highest BCUT2D eigenvalue weighted by molar-refractivity contribution is 6.31. The molecule has 0 aliphatic heterocycles. The number of benzene rings is 1. The highest BCUT2D eigenvalue weighted by atomic mass is 35.5. The van der Waals surface area contributed by atoms with Gasteiger partial charge in [0.15, 0.2) is 0 Å². The second-order valence-corrected chi connectivity index (χ2v) is 3.96. The summed E-state index contributed by atoms with van der Waals surface area (Å²) in [6.45, 7) is 1.90. The lowest BCUT2D eigenvalue weighted by atomic mass is 10.1. The molecule has 0 bridgehead atoms. The summed E-state index contributed by atoms with van der Waals surface area (Å²) in [6, 6.07) is 5.49. The summed E-state index contributed by atoms with van der Waals surface area (Å²) < 4.78 is 0. The SMILES string of the molecule is Cc1[nH]c2cc(Cl)ccc2c1/C=C/C(=O)O. The molecule has 4 heteroatoms. The molecule has 16 heavy (non-hydrogen) atoms. The zero-order valence-electron chi connectivity index (χ0n) is 8.62. The van der Waals surface area contributed by atoms with Crippen molar-refractivity contribution in [2.45, 2.75) is 6.92 Å². The Morgan fingerprint density at radius 1 is 1.50 bits per heavy atom. The van der Waals surface area contributed by atoms with E-state index < -0.39 is 5.97 Å². The molecule has 2 N–H and O–H groups in total. The van der Waals surface area contributed by atoms with Gasteiger partial charge in [-0.2, -0.15) is 0 Å². The molecule has 1 aromatic heterocycles. The van der Waals surface area contributed by atoms with Crippen LogP contribution in [0.25, 0.3) is 17.0 Å². The summed E-state index contributed by atoms with van der Waals surface area (Å²) in [5.41, 5.74) is 2.72. The second kappa shape index (κ2) is 4.02. The van der Waals surface area contributed by atoms with Gasteiger partial charge in [-0.05, 0) is 25.1 Å². The molecule has 0 saturated heterocycles. The second-order valence-electron chi connectivity index (χ2n) is 3.53. The molecular formula is C12H10ClNO2. The van der Waals surface area contributed by atoms with Crippen LogP contribution in [0.3, 0.4) is 0 Å². The van der Waals surface area contributed by atoms with Gasteiger partial charge in [-0.3, -0.25) is 0 Å². The van der Waals surface area contributed by atoms with Gasteiger partial charge < -0.3 is 10.1 Å². The molecule has 0 fully saturated rings. The van der Waals surface area contributed by atoms with E-state index in [0.29, 0.717) is 5.02 Å². The van der Waals surface area contributed by atoms with Crippen LogP contribution in [0.15, 0.2) is 24.3 Å². The van der Waals surface area contributed by atoms with Crippen molar-refractivity contribution in [3.63, 3.8) is 0 Å². The Labute approximate surface area is 97.4 Å². The molecule has 0 aliphatic rings. The van der Waals surface area contributed by atoms with Gasteiger partial charge in [0, 0.05) is 33.3 Å². The number of hydrogen-bond donors (Lipinski definition) is 2. The third-order valence-corrected chi connectivity index (χ3v) is 2.63. The zero-order chi connectivity index (χ0) is 11.7. The number of rotatable bonds is 2. The number of carbonyl (C=O) groups is 1. The van der Waals surface area contributed by atoms with E-state index in [-0.39, 0.29) is 0 Å². The quantitative estimate of drug-likeness (QED) is 0.786. The van der Waals surface area contributed by atoms with E-state index in [2.05, 4.69) is 4.98 Å². The highest BCUT2D eigenvalue weighted by Gasteiger charge is 2.06. The summed E-state index contributed by atoms with van der Waals surface area (Å²) in [4.78, 5) is 13.6. The first-order chi connectivity index (χ1) is 7.58. The number of H-pyrrole nitrogens is 1. The van der Waals surface area contributed by atoms with Crippen molar-refractivity contribution >= 4 is 34.5 Å². The van der Waals surface area contributed by atoms with Crippen LogP contribution < -0.4 is 0 Å². The standard InChI is InChI=1S/C12H10ClNO2/c1-7-9(4-5-12(15)16)10-3-2-8(13)6-11(10)14-7/h2-6,14H,1H3,(H,15,16)/b5-4+. The van der Waals surface area contributed by atoms with Crippen molar-refractivity contribution in [2.75, 3.05) is 0 Å². The molecule has 0 unspecified atom stereocenters. The average molecular weight is 236 g/mol. The van der Waals surface area contributed by atoms with E-state index in [9.17, 15) is 4.79 Å². The number of hydrogen-bond acceptors (Lipinski definition) is 1. The zero-order valence-corrected chi connectivity index (χ0v) is 9.38. The summed E-state index contributed by atoms with van der Waals surface area (Å²) in [5.74, 6) is -0.956. The van der Waals surface area contributed by atoms with E-state index in [0.717, 1.165) is 28.2 Å². The van der Waals surface area contributed by atoms with Crippen LogP contribution in [-0.4, -0.2) is 16.1 Å². The summed E-state index contributed by atoms with van der Waals surface area (Å²) in [7, 11) is 0. The molecule has 0 aliphatic carbocycles. The number of nitrogens with one attached hydrogen (secondary N) is 1. The number of carboxylic acid groups (broad SMARTS) is 1. The van der Waals surface area contributed by atoms with E-state index >= 15 is 0 Å². The number of aromatic amines is 1. The molecule has 0 saturated carbocycles. The smallest absolute Gasteiger partial charge is 0.328 e. The molecule has 0 amide bonds. The van der Waals surface area contributed by atoms with Crippen molar-refractivity contribution in [1.29, 1.82) is 0 Å². The van der Waals surface area contributed by atoms with Crippen LogP contribution in [-0.2, 0) is 4.79 Å². The average Bonchev–Trinajstić information content (AvgIpc) is 2.50. The number of carboxylic acids is 1. The van der Waals surface area contributed by atoms with Gasteiger partial charge in [-0.1, -0.05) is 17.7 Å². The van der Waals surface area contributed by atoms with E-state index in [4.69, 9.17) is 16.7 Å². The Bertz CT molecular complexity index is 584. The molecular weight excluding hydrogens is 226 g/mol. The Kier molecular flexibility index (Phi) is 2.71. The van der Waals surface area contributed by atoms with E-state index in [1.807, 2.05) is 19.1 Å². The highest BCUT2D eigenvalue weighted by Crippen LogP contribution is 2.25. The van der Waals surface area contributed by atoms with Gasteiger partial charge >= 0.3 is 5.97 Å². The minimum absolute atomic E-state index is 0.655. The van der Waals surface area contributed by atoms with Crippen LogP contribution in [0.1, 0.15) is 11.3 Å². The Morgan fingerprint density at radius 3 is 2.94 bits per heavy atom. The van der Waals surface area contributed by atoms with Gasteiger partial charge in [0.1, 0.15) is 0 Å². The number of aromatic nitrogens is 1. The lowest BCUT2D eigenvalue weighted by Crippen LogP contribution is -1.86. The first kappa shape index (κ1) is 10.8. The maximum atomic E-state index is 10.5. The molecule has 3 nitrogen and oxygen atoms in total. The summed E-state index contributed by atoms with van der Waals surface area (Å²) in [5, 5.41) is 10.2. The molecule has 0 atom stereocenters. The molecule has 2 rings (SSSR count). The van der Waals surface area contributed by atoms with Gasteiger partial charge in [0.2, 0.25) is 0 Å². The fourth-order valence-electron chi connectivity index (χ4n) is 1.70. The number of halogens is 1. The maximum Gasteiger partial charge on any atom is 0.328 e. The van der Waals surface area contributed by atoms with Crippen molar-refractivity contribution in [3.05, 3.63) is 40.6 Å². The van der Waals surface area contributed by atoms with Crippen LogP contribution >= 0.6 is 11.6 Å². The number of fused-ring (bicyclic) bond motifs is 1. The predicted octanol–water partition coefficient (Wildman–Crippen LogP) is 3.23. The van der Waals surface area contributed by atoms with Gasteiger partial charge in [-0.15, -0.1) is 0 Å². The molecule has 0 spiro atoms. The number of aliphatic carboxylic acids is 1.